The third kappa shape index (κ3) is 6.78. The highest BCUT2D eigenvalue weighted by atomic mass is 32.1. The Morgan fingerprint density at radius 2 is 2.35 bits per heavy atom. The van der Waals surface area contributed by atoms with E-state index < -0.39 is 6.10 Å². The highest BCUT2D eigenvalue weighted by Crippen LogP contribution is 2.09. The van der Waals surface area contributed by atoms with Crippen molar-refractivity contribution in [1.82, 2.24) is 5.32 Å². The third-order valence-corrected chi connectivity index (χ3v) is 3.41. The average molecular weight is 257 g/mol. The normalized spacial score (nSPS) is 14.8. The van der Waals surface area contributed by atoms with Crippen LogP contribution >= 0.6 is 11.3 Å². The van der Waals surface area contributed by atoms with Crippen molar-refractivity contribution >= 4 is 11.3 Å². The number of thiophene rings is 1. The molecule has 0 aliphatic rings. The molecule has 2 unspecified atom stereocenters. The second kappa shape index (κ2) is 8.64. The Labute approximate surface area is 108 Å². The first-order chi connectivity index (χ1) is 8.22. The summed E-state index contributed by atoms with van der Waals surface area (Å²) in [5.74, 6) is 0. The van der Waals surface area contributed by atoms with Crippen LogP contribution in [0.5, 0.6) is 0 Å². The topological polar surface area (TPSA) is 41.5 Å². The smallest absolute Gasteiger partial charge is 0.0897 e. The van der Waals surface area contributed by atoms with Gasteiger partial charge in [-0.2, -0.15) is 0 Å². The Hall–Kier alpha value is -0.420. The van der Waals surface area contributed by atoms with E-state index in [1.165, 1.54) is 11.3 Å². The summed E-state index contributed by atoms with van der Waals surface area (Å²) in [7, 11) is 0. The molecule has 0 amide bonds. The van der Waals surface area contributed by atoms with Gasteiger partial charge in [0.25, 0.3) is 0 Å². The summed E-state index contributed by atoms with van der Waals surface area (Å²) in [4.78, 5) is 1.20. The molecule has 3 nitrogen and oxygen atoms in total. The predicted octanol–water partition coefficient (Wildman–Crippen LogP) is 2.40. The lowest BCUT2D eigenvalue weighted by Gasteiger charge is -2.16. The lowest BCUT2D eigenvalue weighted by molar-refractivity contribution is 0.0287. The molecule has 0 saturated carbocycles. The molecule has 0 radical (unpaired) electrons. The first kappa shape index (κ1) is 14.6. The van der Waals surface area contributed by atoms with Gasteiger partial charge in [0.2, 0.25) is 0 Å². The van der Waals surface area contributed by atoms with Crippen molar-refractivity contribution < 1.29 is 9.84 Å². The third-order valence-electron chi connectivity index (χ3n) is 2.56. The minimum absolute atomic E-state index is 0.393. The molecule has 1 aromatic rings. The molecular formula is C13H23NO2S. The Morgan fingerprint density at radius 1 is 1.53 bits per heavy atom. The summed E-state index contributed by atoms with van der Waals surface area (Å²) in [6.45, 7) is 5.90. The van der Waals surface area contributed by atoms with Crippen LogP contribution in [-0.2, 0) is 11.3 Å². The minimum Gasteiger partial charge on any atom is -0.389 e. The van der Waals surface area contributed by atoms with Crippen LogP contribution in [0.4, 0.5) is 0 Å². The second-order valence-electron chi connectivity index (χ2n) is 4.35. The van der Waals surface area contributed by atoms with E-state index in [1.807, 2.05) is 17.5 Å². The second-order valence-corrected chi connectivity index (χ2v) is 5.38. The van der Waals surface area contributed by atoms with E-state index in [-0.39, 0.29) is 0 Å². The molecule has 4 heteroatoms. The molecule has 0 aromatic carbocycles. The largest absolute Gasteiger partial charge is 0.389 e. The van der Waals surface area contributed by atoms with Gasteiger partial charge in [0, 0.05) is 17.5 Å². The molecule has 0 fully saturated rings. The maximum atomic E-state index is 9.71. The first-order valence-corrected chi connectivity index (χ1v) is 7.12. The van der Waals surface area contributed by atoms with Crippen molar-refractivity contribution in [3.8, 4) is 0 Å². The molecule has 0 saturated heterocycles. The summed E-state index contributed by atoms with van der Waals surface area (Å²) in [6, 6.07) is 4.51. The summed E-state index contributed by atoms with van der Waals surface area (Å²) in [5.41, 5.74) is 0. The number of nitrogens with one attached hydrogen (secondary N) is 1. The van der Waals surface area contributed by atoms with Gasteiger partial charge in [-0.15, -0.1) is 11.3 Å². The summed E-state index contributed by atoms with van der Waals surface area (Å²) < 4.78 is 5.45. The number of hydrogen-bond acceptors (Lipinski definition) is 4. The van der Waals surface area contributed by atoms with Crippen LogP contribution < -0.4 is 5.32 Å². The van der Waals surface area contributed by atoms with E-state index in [0.29, 0.717) is 25.8 Å². The SMILES string of the molecule is CCCC(C)NCC(O)COCc1cccs1. The lowest BCUT2D eigenvalue weighted by atomic mass is 10.2. The van der Waals surface area contributed by atoms with Gasteiger partial charge in [-0.05, 0) is 24.8 Å². The maximum Gasteiger partial charge on any atom is 0.0897 e. The Kier molecular flexibility index (Phi) is 7.44. The minimum atomic E-state index is -0.422. The fraction of sp³-hybridized carbons (Fsp3) is 0.692. The number of aliphatic hydroxyl groups excluding tert-OH is 1. The monoisotopic (exact) mass is 257 g/mol. The van der Waals surface area contributed by atoms with E-state index in [4.69, 9.17) is 4.74 Å². The van der Waals surface area contributed by atoms with Gasteiger partial charge in [0.1, 0.15) is 0 Å². The van der Waals surface area contributed by atoms with Gasteiger partial charge in [-0.1, -0.05) is 19.4 Å². The summed E-state index contributed by atoms with van der Waals surface area (Å²) in [5, 5.41) is 15.0. The van der Waals surface area contributed by atoms with Gasteiger partial charge in [0.05, 0.1) is 19.3 Å². The van der Waals surface area contributed by atoms with E-state index in [1.54, 1.807) is 11.3 Å². The number of aliphatic hydroxyl groups is 1. The first-order valence-electron chi connectivity index (χ1n) is 6.24. The average Bonchev–Trinajstić information content (AvgIpc) is 2.80. The molecule has 0 bridgehead atoms. The zero-order valence-corrected chi connectivity index (χ0v) is 11.5. The zero-order valence-electron chi connectivity index (χ0n) is 10.7. The van der Waals surface area contributed by atoms with Crippen LogP contribution in [0.2, 0.25) is 0 Å². The standard InChI is InChI=1S/C13H23NO2S/c1-3-5-11(2)14-8-12(15)9-16-10-13-6-4-7-17-13/h4,6-7,11-12,14-15H,3,5,8-10H2,1-2H3. The summed E-state index contributed by atoms with van der Waals surface area (Å²) >= 11 is 1.68. The van der Waals surface area contributed by atoms with Gasteiger partial charge in [-0.3, -0.25) is 0 Å². The lowest BCUT2D eigenvalue weighted by Crippen LogP contribution is -2.35. The molecule has 0 aliphatic carbocycles. The molecule has 1 aromatic heterocycles. The highest BCUT2D eigenvalue weighted by Gasteiger charge is 2.06. The van der Waals surface area contributed by atoms with E-state index in [9.17, 15) is 5.11 Å². The van der Waals surface area contributed by atoms with E-state index >= 15 is 0 Å². The molecule has 2 N–H and O–H groups in total. The van der Waals surface area contributed by atoms with Gasteiger partial charge in [0.15, 0.2) is 0 Å². The quantitative estimate of drug-likeness (QED) is 0.714. The van der Waals surface area contributed by atoms with Gasteiger partial charge >= 0.3 is 0 Å². The molecule has 98 valence electrons. The number of hydrogen-bond donors (Lipinski definition) is 2. The van der Waals surface area contributed by atoms with Crippen molar-refractivity contribution in [2.75, 3.05) is 13.2 Å². The number of rotatable bonds is 9. The molecule has 17 heavy (non-hydrogen) atoms. The molecule has 1 rings (SSSR count). The zero-order chi connectivity index (χ0) is 12.5. The van der Waals surface area contributed by atoms with Crippen molar-refractivity contribution in [3.05, 3.63) is 22.4 Å². The number of ether oxygens (including phenoxy) is 1. The van der Waals surface area contributed by atoms with E-state index in [2.05, 4.69) is 19.2 Å². The molecule has 1 heterocycles. The van der Waals surface area contributed by atoms with Gasteiger partial charge < -0.3 is 15.2 Å². The van der Waals surface area contributed by atoms with Crippen LogP contribution in [0.3, 0.4) is 0 Å². The Morgan fingerprint density at radius 3 is 3.00 bits per heavy atom. The maximum absolute atomic E-state index is 9.71. The van der Waals surface area contributed by atoms with E-state index in [0.717, 1.165) is 6.42 Å². The predicted molar refractivity (Wildman–Crippen MR) is 72.4 cm³/mol. The fourth-order valence-electron chi connectivity index (χ4n) is 1.62. The highest BCUT2D eigenvalue weighted by molar-refractivity contribution is 7.09. The van der Waals surface area contributed by atoms with Crippen molar-refractivity contribution in [1.29, 1.82) is 0 Å². The fourth-order valence-corrected chi connectivity index (χ4v) is 2.26. The summed E-state index contributed by atoms with van der Waals surface area (Å²) in [6.07, 6.45) is 1.89. The van der Waals surface area contributed by atoms with Gasteiger partial charge in [-0.25, -0.2) is 0 Å². The van der Waals surface area contributed by atoms with Crippen LogP contribution in [0.15, 0.2) is 17.5 Å². The molecular weight excluding hydrogens is 234 g/mol. The van der Waals surface area contributed by atoms with Crippen LogP contribution in [0.25, 0.3) is 0 Å². The molecule has 0 spiro atoms. The van der Waals surface area contributed by atoms with Crippen LogP contribution in [-0.4, -0.2) is 30.4 Å². The Balaban J connectivity index is 2.03. The molecule has 2 atom stereocenters. The van der Waals surface area contributed by atoms with Crippen molar-refractivity contribution in [3.63, 3.8) is 0 Å². The van der Waals surface area contributed by atoms with Crippen LogP contribution in [0, 0.1) is 0 Å². The van der Waals surface area contributed by atoms with Crippen LogP contribution in [0.1, 0.15) is 31.6 Å². The van der Waals surface area contributed by atoms with Crippen molar-refractivity contribution in [2.24, 2.45) is 0 Å². The van der Waals surface area contributed by atoms with Crippen molar-refractivity contribution in [2.45, 2.75) is 45.4 Å². The Bertz CT molecular complexity index is 277. The molecule has 0 aliphatic heterocycles.